The highest BCUT2D eigenvalue weighted by Crippen LogP contribution is 1.98. The van der Waals surface area contributed by atoms with Crippen molar-refractivity contribution in [2.24, 2.45) is 5.73 Å². The van der Waals surface area contributed by atoms with E-state index in [1.54, 1.807) is 0 Å². The number of carbonyl (C=O) groups is 4. The SMILES string of the molecule is CC(O)C(NC(=O)C(CO)NC(=O)C(N)CO)C(=O)NC(CS)C(=O)O. The minimum absolute atomic E-state index is 0.226. The first-order valence-corrected chi connectivity index (χ1v) is 8.12. The van der Waals surface area contributed by atoms with E-state index < -0.39 is 67.2 Å². The molecule has 26 heavy (non-hydrogen) atoms. The molecule has 150 valence electrons. The molecule has 0 aliphatic heterocycles. The molecule has 5 atom stereocenters. The second-order valence-corrected chi connectivity index (χ2v) is 5.71. The number of carboxylic acids is 1. The molecule has 0 aromatic rings. The lowest BCUT2D eigenvalue weighted by molar-refractivity contribution is -0.142. The van der Waals surface area contributed by atoms with Crippen molar-refractivity contribution < 1.29 is 39.6 Å². The highest BCUT2D eigenvalue weighted by Gasteiger charge is 2.32. The monoisotopic (exact) mass is 396 g/mol. The van der Waals surface area contributed by atoms with Crippen LogP contribution in [0.3, 0.4) is 0 Å². The molecule has 0 saturated heterocycles. The van der Waals surface area contributed by atoms with E-state index in [-0.39, 0.29) is 5.75 Å². The summed E-state index contributed by atoms with van der Waals surface area (Å²) in [7, 11) is 0. The van der Waals surface area contributed by atoms with E-state index in [4.69, 9.17) is 15.9 Å². The average molecular weight is 396 g/mol. The molecule has 0 fully saturated rings. The zero-order valence-electron chi connectivity index (χ0n) is 14.0. The van der Waals surface area contributed by atoms with Crippen molar-refractivity contribution in [1.82, 2.24) is 16.0 Å². The summed E-state index contributed by atoms with van der Waals surface area (Å²) in [5, 5.41) is 42.8. The van der Waals surface area contributed by atoms with Crippen molar-refractivity contribution in [1.29, 1.82) is 0 Å². The zero-order valence-corrected chi connectivity index (χ0v) is 14.8. The van der Waals surface area contributed by atoms with Gasteiger partial charge in [-0.25, -0.2) is 4.79 Å². The maximum absolute atomic E-state index is 12.1. The first kappa shape index (κ1) is 24.1. The molecule has 0 aliphatic carbocycles. The number of aliphatic carboxylic acids is 1. The fourth-order valence-corrected chi connectivity index (χ4v) is 1.91. The Hall–Kier alpha value is -1.93. The first-order chi connectivity index (χ1) is 12.1. The van der Waals surface area contributed by atoms with E-state index in [1.165, 1.54) is 6.92 Å². The minimum atomic E-state index is -1.55. The summed E-state index contributed by atoms with van der Waals surface area (Å²) in [6, 6.07) is -5.73. The summed E-state index contributed by atoms with van der Waals surface area (Å²) in [4.78, 5) is 46.7. The van der Waals surface area contributed by atoms with Crippen LogP contribution in [-0.4, -0.2) is 93.4 Å². The Morgan fingerprint density at radius 2 is 1.50 bits per heavy atom. The smallest absolute Gasteiger partial charge is 0.327 e. The molecule has 13 heteroatoms. The van der Waals surface area contributed by atoms with Gasteiger partial charge in [0.2, 0.25) is 17.7 Å². The molecule has 0 radical (unpaired) electrons. The molecule has 12 nitrogen and oxygen atoms in total. The standard InChI is InChI=1S/C13H24N4O8S/c1-5(20)9(12(23)16-8(4-26)13(24)25)17-11(22)7(3-19)15-10(21)6(14)2-18/h5-9,18-20,26H,2-4,14H2,1H3,(H,15,21)(H,16,23)(H,17,22)(H,24,25). The Kier molecular flexibility index (Phi) is 10.8. The number of aliphatic hydroxyl groups excluding tert-OH is 3. The summed E-state index contributed by atoms with van der Waals surface area (Å²) in [5.74, 6) is -4.52. The summed E-state index contributed by atoms with van der Waals surface area (Å²) >= 11 is 3.78. The Morgan fingerprint density at radius 1 is 0.962 bits per heavy atom. The van der Waals surface area contributed by atoms with Crippen molar-refractivity contribution in [3.8, 4) is 0 Å². The van der Waals surface area contributed by atoms with E-state index in [2.05, 4.69) is 28.6 Å². The molecule has 3 amide bonds. The fourth-order valence-electron chi connectivity index (χ4n) is 1.66. The average Bonchev–Trinajstić information content (AvgIpc) is 2.59. The number of hydrogen-bond donors (Lipinski definition) is 9. The number of carbonyl (C=O) groups excluding carboxylic acids is 3. The van der Waals surface area contributed by atoms with E-state index in [0.717, 1.165) is 0 Å². The van der Waals surface area contributed by atoms with Crippen molar-refractivity contribution in [3.63, 3.8) is 0 Å². The van der Waals surface area contributed by atoms with E-state index in [0.29, 0.717) is 0 Å². The van der Waals surface area contributed by atoms with Gasteiger partial charge >= 0.3 is 5.97 Å². The third-order valence-electron chi connectivity index (χ3n) is 3.21. The predicted molar refractivity (Wildman–Crippen MR) is 91.1 cm³/mol. The second-order valence-electron chi connectivity index (χ2n) is 5.34. The van der Waals surface area contributed by atoms with Crippen molar-refractivity contribution in [2.45, 2.75) is 37.2 Å². The molecule has 0 rings (SSSR count). The summed E-state index contributed by atoms with van der Waals surface area (Å²) in [6.07, 6.45) is -1.41. The molecule has 0 aromatic heterocycles. The van der Waals surface area contributed by atoms with Gasteiger partial charge in [0.15, 0.2) is 0 Å². The van der Waals surface area contributed by atoms with E-state index >= 15 is 0 Å². The van der Waals surface area contributed by atoms with Crippen LogP contribution >= 0.6 is 12.6 Å². The fraction of sp³-hybridized carbons (Fsp3) is 0.692. The van der Waals surface area contributed by atoms with Gasteiger partial charge in [-0.2, -0.15) is 12.6 Å². The highest BCUT2D eigenvalue weighted by atomic mass is 32.1. The maximum Gasteiger partial charge on any atom is 0.327 e. The maximum atomic E-state index is 12.1. The topological polar surface area (TPSA) is 211 Å². The number of amides is 3. The summed E-state index contributed by atoms with van der Waals surface area (Å²) in [5.41, 5.74) is 5.27. The lowest BCUT2D eigenvalue weighted by Crippen LogP contribution is -2.60. The Balaban J connectivity index is 5.06. The van der Waals surface area contributed by atoms with Gasteiger partial charge in [-0.15, -0.1) is 0 Å². The molecule has 0 bridgehead atoms. The second kappa shape index (κ2) is 11.6. The van der Waals surface area contributed by atoms with Crippen LogP contribution in [0.1, 0.15) is 6.92 Å². The van der Waals surface area contributed by atoms with Gasteiger partial charge in [-0.05, 0) is 6.92 Å². The van der Waals surface area contributed by atoms with Gasteiger partial charge in [0.25, 0.3) is 0 Å². The molecule has 0 saturated carbocycles. The Bertz CT molecular complexity index is 518. The normalized spacial score (nSPS) is 16.5. The van der Waals surface area contributed by atoms with Crippen LogP contribution in [0.15, 0.2) is 0 Å². The van der Waals surface area contributed by atoms with Gasteiger partial charge < -0.3 is 42.1 Å². The predicted octanol–water partition coefficient (Wildman–Crippen LogP) is -4.85. The van der Waals surface area contributed by atoms with Crippen LogP contribution < -0.4 is 21.7 Å². The number of hydrogen-bond acceptors (Lipinski definition) is 9. The third kappa shape index (κ3) is 7.53. The summed E-state index contributed by atoms with van der Waals surface area (Å²) < 4.78 is 0. The van der Waals surface area contributed by atoms with Crippen molar-refractivity contribution >= 4 is 36.3 Å². The van der Waals surface area contributed by atoms with Crippen molar-refractivity contribution in [3.05, 3.63) is 0 Å². The molecule has 0 spiro atoms. The number of thiol groups is 1. The van der Waals surface area contributed by atoms with Gasteiger partial charge in [0, 0.05) is 5.75 Å². The molecule has 0 heterocycles. The molecule has 5 unspecified atom stereocenters. The molecular weight excluding hydrogens is 372 g/mol. The van der Waals surface area contributed by atoms with Crippen LogP contribution in [0.5, 0.6) is 0 Å². The summed E-state index contributed by atoms with van der Waals surface area (Å²) in [6.45, 7) is -0.363. The third-order valence-corrected chi connectivity index (χ3v) is 3.57. The quantitative estimate of drug-likeness (QED) is 0.153. The van der Waals surface area contributed by atoms with Gasteiger partial charge in [0.05, 0.1) is 19.3 Å². The van der Waals surface area contributed by atoms with Gasteiger partial charge in [0.1, 0.15) is 24.2 Å². The first-order valence-electron chi connectivity index (χ1n) is 7.49. The minimum Gasteiger partial charge on any atom is -0.480 e. The van der Waals surface area contributed by atoms with Crippen LogP contribution in [-0.2, 0) is 19.2 Å². The Morgan fingerprint density at radius 3 is 1.88 bits per heavy atom. The van der Waals surface area contributed by atoms with Crippen molar-refractivity contribution in [2.75, 3.05) is 19.0 Å². The zero-order chi connectivity index (χ0) is 20.4. The molecule has 0 aromatic carbocycles. The number of nitrogens with one attached hydrogen (secondary N) is 3. The van der Waals surface area contributed by atoms with E-state index in [9.17, 15) is 29.4 Å². The molecule has 9 N–H and O–H groups in total. The van der Waals surface area contributed by atoms with Gasteiger partial charge in [-0.3, -0.25) is 14.4 Å². The van der Waals surface area contributed by atoms with Crippen LogP contribution in [0.2, 0.25) is 0 Å². The number of nitrogens with two attached hydrogens (primary N) is 1. The van der Waals surface area contributed by atoms with Gasteiger partial charge in [-0.1, -0.05) is 0 Å². The highest BCUT2D eigenvalue weighted by molar-refractivity contribution is 7.80. The number of aliphatic hydroxyl groups is 3. The largest absolute Gasteiger partial charge is 0.480 e. The van der Waals surface area contributed by atoms with Crippen LogP contribution in [0.25, 0.3) is 0 Å². The molecular formula is C13H24N4O8S. The number of rotatable bonds is 11. The lowest BCUT2D eigenvalue weighted by Gasteiger charge is -2.25. The Labute approximate surface area is 154 Å². The molecule has 0 aliphatic rings. The lowest BCUT2D eigenvalue weighted by atomic mass is 10.1. The number of carboxylic acid groups (broad SMARTS) is 1. The van der Waals surface area contributed by atoms with E-state index in [1.807, 2.05) is 0 Å². The van der Waals surface area contributed by atoms with Crippen LogP contribution in [0, 0.1) is 0 Å². The van der Waals surface area contributed by atoms with Crippen LogP contribution in [0.4, 0.5) is 0 Å².